The molecule has 6 heterocycles. The molecule has 2 aromatic carbocycles. The minimum absolute atomic E-state index is 0.0475. The Hall–Kier alpha value is -3.23. The number of nitrogens with zero attached hydrogens (tertiary/aromatic N) is 5. The van der Waals surface area contributed by atoms with Crippen molar-refractivity contribution in [1.82, 2.24) is 15.5 Å². The molecule has 0 unspecified atom stereocenters. The van der Waals surface area contributed by atoms with Gasteiger partial charge in [-0.05, 0) is 81.1 Å². The lowest BCUT2D eigenvalue weighted by Crippen LogP contribution is -2.48. The molecule has 0 aromatic heterocycles. The molecule has 2 N–H and O–H groups in total. The molecule has 2 amide bonds. The van der Waals surface area contributed by atoms with Crippen LogP contribution in [0.15, 0.2) is 48.5 Å². The van der Waals surface area contributed by atoms with E-state index in [9.17, 15) is 21.6 Å². The van der Waals surface area contributed by atoms with E-state index in [0.717, 1.165) is 75.6 Å². The number of hydrogen-bond acceptors (Lipinski definition) is 10. The van der Waals surface area contributed by atoms with Gasteiger partial charge in [-0.3, -0.25) is 0 Å². The highest BCUT2D eigenvalue weighted by Gasteiger charge is 2.42. The Morgan fingerprint density at radius 2 is 0.902 bits per heavy atom. The zero-order valence-electron chi connectivity index (χ0n) is 30.3. The number of likely N-dealkylation sites (tertiary alicyclic amines) is 1. The maximum atomic E-state index is 12.4. The topological polar surface area (TPSA) is 126 Å². The number of benzene rings is 2. The van der Waals surface area contributed by atoms with Crippen molar-refractivity contribution in [1.29, 1.82) is 0 Å². The van der Waals surface area contributed by atoms with Crippen LogP contribution in [0, 0.1) is 23.7 Å². The molecule has 6 aliphatic heterocycles. The molecule has 0 spiro atoms. The van der Waals surface area contributed by atoms with E-state index in [2.05, 4.69) is 78.8 Å². The summed E-state index contributed by atoms with van der Waals surface area (Å²) in [7, 11) is -5.67. The van der Waals surface area contributed by atoms with Gasteiger partial charge in [0.1, 0.15) is 0 Å². The van der Waals surface area contributed by atoms with Crippen molar-refractivity contribution in [2.45, 2.75) is 26.3 Å². The van der Waals surface area contributed by atoms with Crippen LogP contribution in [-0.2, 0) is 19.7 Å². The first-order valence-corrected chi connectivity index (χ1v) is 22.2. The summed E-state index contributed by atoms with van der Waals surface area (Å²) < 4.78 is 46.3. The van der Waals surface area contributed by atoms with Crippen LogP contribution in [0.3, 0.4) is 0 Å². The predicted molar refractivity (Wildman–Crippen MR) is 206 cm³/mol. The number of nitrogens with one attached hydrogen (secondary N) is 2. The van der Waals surface area contributed by atoms with Crippen LogP contribution in [0.4, 0.5) is 27.5 Å². The molecule has 0 aliphatic carbocycles. The number of carbonyl (C=O) groups is 1. The molecule has 12 nitrogen and oxygen atoms in total. The number of fused-ring (bicyclic) bond motifs is 2. The number of anilines is 4. The number of hydrogen-bond donors (Lipinski definition) is 2. The van der Waals surface area contributed by atoms with Crippen molar-refractivity contribution in [2.24, 2.45) is 23.7 Å². The van der Waals surface area contributed by atoms with E-state index in [1.807, 2.05) is 25.7 Å². The fourth-order valence-electron chi connectivity index (χ4n) is 8.53. The van der Waals surface area contributed by atoms with E-state index in [0.29, 0.717) is 38.0 Å². The molecule has 14 heteroatoms. The van der Waals surface area contributed by atoms with Gasteiger partial charge in [0.25, 0.3) is 0 Å². The van der Waals surface area contributed by atoms with Crippen LogP contribution >= 0.6 is 0 Å². The minimum atomic E-state index is -2.86. The Kier molecular flexibility index (Phi) is 10.1. The predicted octanol–water partition coefficient (Wildman–Crippen LogP) is 2.37. The van der Waals surface area contributed by atoms with E-state index >= 15 is 0 Å². The zero-order chi connectivity index (χ0) is 36.0. The summed E-state index contributed by atoms with van der Waals surface area (Å²) in [5, 5.41) is 6.54. The van der Waals surface area contributed by atoms with Crippen molar-refractivity contribution in [3.8, 4) is 0 Å². The Bertz CT molecular complexity index is 1710. The summed E-state index contributed by atoms with van der Waals surface area (Å²) in [6, 6.07) is 17.2. The summed E-state index contributed by atoms with van der Waals surface area (Å²) in [6.45, 7) is 16.6. The molecular formula is C37H55N7O5S2. The Morgan fingerprint density at radius 1 is 0.569 bits per heavy atom. The first-order chi connectivity index (χ1) is 24.2. The van der Waals surface area contributed by atoms with E-state index in [1.165, 1.54) is 11.4 Å². The third-order valence-electron chi connectivity index (χ3n) is 11.5. The molecule has 4 atom stereocenters. The standard InChI is InChI=1S/C21H32N4O3S.C16H23N3O2S/c1-21(2,3)22-20(26)25-14-16-12-24(13-17(16)15-25)19-6-4-18(5-7-19)23-8-10-29(27,28)11-9-23;20-22(21)7-5-18(6-8-22)15-1-3-16(4-2-15)19-11-13-9-17-10-14(13)12-19/h4-7,16-17H,8-15H2,1-3H3,(H,22,26);1-4,13-14,17H,5-12H2/t16-,17+;13-,14+. The first kappa shape index (κ1) is 36.1. The van der Waals surface area contributed by atoms with Gasteiger partial charge in [0.05, 0.1) is 23.0 Å². The van der Waals surface area contributed by atoms with Gasteiger partial charge >= 0.3 is 6.03 Å². The summed E-state index contributed by atoms with van der Waals surface area (Å²) >= 11 is 0. The van der Waals surface area contributed by atoms with Gasteiger partial charge < -0.3 is 35.1 Å². The lowest BCUT2D eigenvalue weighted by Gasteiger charge is -2.29. The second kappa shape index (κ2) is 14.3. The molecule has 2 aromatic rings. The number of urea groups is 1. The fourth-order valence-corrected chi connectivity index (χ4v) is 10.9. The summed E-state index contributed by atoms with van der Waals surface area (Å²) in [6.07, 6.45) is 0. The SMILES string of the molecule is CC(C)(C)NC(=O)N1C[C@@H]2CN(c3ccc(N4CCS(=O)(=O)CC4)cc3)C[C@@H]2C1.O=S1(=O)CCN(c2ccc(N3C[C@H]4CNC[C@H]4C3)cc2)CC1. The fraction of sp³-hybridized carbons (Fsp3) is 0.649. The molecule has 8 rings (SSSR count). The third kappa shape index (κ3) is 8.71. The Balaban J connectivity index is 0.000000165. The van der Waals surface area contributed by atoms with Crippen LogP contribution in [-0.4, -0.2) is 135 Å². The second-order valence-electron chi connectivity index (χ2n) is 16.4. The average Bonchev–Trinajstić information content (AvgIpc) is 3.86. The monoisotopic (exact) mass is 741 g/mol. The van der Waals surface area contributed by atoms with Crippen LogP contribution < -0.4 is 30.2 Å². The Morgan fingerprint density at radius 3 is 1.25 bits per heavy atom. The van der Waals surface area contributed by atoms with Crippen molar-refractivity contribution < 1.29 is 21.6 Å². The Labute approximate surface area is 304 Å². The maximum Gasteiger partial charge on any atom is 0.317 e. The summed E-state index contributed by atoms with van der Waals surface area (Å²) in [5.74, 6) is 3.67. The number of amides is 2. The lowest BCUT2D eigenvalue weighted by molar-refractivity contribution is 0.196. The molecule has 6 saturated heterocycles. The van der Waals surface area contributed by atoms with E-state index in [-0.39, 0.29) is 34.6 Å². The minimum Gasteiger partial charge on any atom is -0.371 e. The van der Waals surface area contributed by atoms with Crippen LogP contribution in [0.2, 0.25) is 0 Å². The van der Waals surface area contributed by atoms with Gasteiger partial charge in [-0.15, -0.1) is 0 Å². The maximum absolute atomic E-state index is 12.4. The normalized spacial score (nSPS) is 28.3. The highest BCUT2D eigenvalue weighted by molar-refractivity contribution is 7.91. The quantitative estimate of drug-likeness (QED) is 0.483. The molecule has 280 valence electrons. The number of carbonyl (C=O) groups excluding carboxylic acids is 1. The van der Waals surface area contributed by atoms with Crippen molar-refractivity contribution >= 4 is 48.5 Å². The molecule has 6 fully saturated rings. The number of rotatable bonds is 4. The largest absolute Gasteiger partial charge is 0.371 e. The van der Waals surface area contributed by atoms with E-state index < -0.39 is 19.7 Å². The van der Waals surface area contributed by atoms with Gasteiger partial charge in [0.15, 0.2) is 19.7 Å². The molecule has 0 radical (unpaired) electrons. The molecule has 51 heavy (non-hydrogen) atoms. The summed E-state index contributed by atoms with van der Waals surface area (Å²) in [4.78, 5) is 23.6. The first-order valence-electron chi connectivity index (χ1n) is 18.6. The van der Waals surface area contributed by atoms with Crippen molar-refractivity contribution in [3.05, 3.63) is 48.5 Å². The van der Waals surface area contributed by atoms with E-state index in [4.69, 9.17) is 0 Å². The second-order valence-corrected chi connectivity index (χ2v) is 21.0. The van der Waals surface area contributed by atoms with Gasteiger partial charge in [0.2, 0.25) is 0 Å². The van der Waals surface area contributed by atoms with Gasteiger partial charge in [-0.1, -0.05) is 0 Å². The van der Waals surface area contributed by atoms with Gasteiger partial charge in [-0.2, -0.15) is 0 Å². The average molecular weight is 742 g/mol. The van der Waals surface area contributed by atoms with Crippen molar-refractivity contribution in [2.75, 3.05) is 121 Å². The number of sulfone groups is 2. The highest BCUT2D eigenvalue weighted by atomic mass is 32.2. The molecular weight excluding hydrogens is 687 g/mol. The zero-order valence-corrected chi connectivity index (χ0v) is 32.0. The third-order valence-corrected chi connectivity index (χ3v) is 14.7. The molecule has 0 saturated carbocycles. The van der Waals surface area contributed by atoms with Crippen LogP contribution in [0.5, 0.6) is 0 Å². The van der Waals surface area contributed by atoms with Crippen LogP contribution in [0.1, 0.15) is 20.8 Å². The highest BCUT2D eigenvalue weighted by Crippen LogP contribution is 2.35. The van der Waals surface area contributed by atoms with Gasteiger partial charge in [0, 0.05) is 119 Å². The smallest absolute Gasteiger partial charge is 0.317 e. The lowest BCUT2D eigenvalue weighted by atomic mass is 10.0. The summed E-state index contributed by atoms with van der Waals surface area (Å²) in [5.41, 5.74) is 4.52. The van der Waals surface area contributed by atoms with Crippen molar-refractivity contribution in [3.63, 3.8) is 0 Å². The molecule has 0 bridgehead atoms. The van der Waals surface area contributed by atoms with Gasteiger partial charge in [-0.25, -0.2) is 21.6 Å². The van der Waals surface area contributed by atoms with Crippen LogP contribution in [0.25, 0.3) is 0 Å². The van der Waals surface area contributed by atoms with E-state index in [1.54, 1.807) is 0 Å². The molecule has 6 aliphatic rings.